The van der Waals surface area contributed by atoms with Gasteiger partial charge in [0, 0.05) is 13.1 Å². The lowest BCUT2D eigenvalue weighted by atomic mass is 10.0. The molecule has 108 valence electrons. The molecule has 3 fully saturated rings. The summed E-state index contributed by atoms with van der Waals surface area (Å²) in [5.74, 6) is 1.51. The molecule has 3 aliphatic carbocycles. The van der Waals surface area contributed by atoms with Crippen molar-refractivity contribution in [2.24, 2.45) is 17.3 Å². The zero-order valence-corrected chi connectivity index (χ0v) is 12.3. The summed E-state index contributed by atoms with van der Waals surface area (Å²) in [5.41, 5.74) is 0.950. The lowest BCUT2D eigenvalue weighted by Gasteiger charge is -2.17. The number of anilines is 1. The number of hydrogen-bond donors (Lipinski definition) is 1. The van der Waals surface area contributed by atoms with Gasteiger partial charge in [-0.15, -0.1) is 0 Å². The van der Waals surface area contributed by atoms with Crippen LogP contribution in [-0.2, 0) is 6.54 Å². The highest BCUT2D eigenvalue weighted by atomic mass is 35.5. The lowest BCUT2D eigenvalue weighted by molar-refractivity contribution is 0.465. The molecular weight excluding hydrogens is 274 g/mol. The number of hydrogen-bond acceptors (Lipinski definition) is 3. The van der Waals surface area contributed by atoms with Crippen LogP contribution in [0.5, 0.6) is 0 Å². The first-order valence-electron chi connectivity index (χ1n) is 7.67. The summed E-state index contributed by atoms with van der Waals surface area (Å²) >= 11 is 6.16. The fourth-order valence-corrected chi connectivity index (χ4v) is 3.35. The van der Waals surface area contributed by atoms with Crippen LogP contribution >= 0.6 is 11.6 Å². The molecule has 0 saturated heterocycles. The quantitative estimate of drug-likeness (QED) is 0.877. The summed E-state index contributed by atoms with van der Waals surface area (Å²) in [6.07, 6.45) is 9.33. The zero-order chi connectivity index (χ0) is 13.7. The number of nitrogens with one attached hydrogen (secondary N) is 1. The van der Waals surface area contributed by atoms with E-state index in [-0.39, 0.29) is 5.56 Å². The highest BCUT2D eigenvalue weighted by molar-refractivity contribution is 6.33. The van der Waals surface area contributed by atoms with Gasteiger partial charge in [-0.05, 0) is 55.8 Å². The third kappa shape index (κ3) is 2.34. The van der Waals surface area contributed by atoms with Gasteiger partial charge in [0.25, 0.3) is 5.56 Å². The highest BCUT2D eigenvalue weighted by Crippen LogP contribution is 2.61. The van der Waals surface area contributed by atoms with Crippen LogP contribution in [0.25, 0.3) is 0 Å². The van der Waals surface area contributed by atoms with E-state index in [2.05, 4.69) is 10.4 Å². The summed E-state index contributed by atoms with van der Waals surface area (Å²) < 4.78 is 1.57. The first-order chi connectivity index (χ1) is 9.68. The molecule has 4 rings (SSSR count). The lowest BCUT2D eigenvalue weighted by Crippen LogP contribution is -2.29. The number of halogens is 1. The third-order valence-electron chi connectivity index (χ3n) is 5.08. The molecule has 0 aromatic carbocycles. The van der Waals surface area contributed by atoms with Gasteiger partial charge in [-0.3, -0.25) is 4.79 Å². The van der Waals surface area contributed by atoms with E-state index >= 15 is 0 Å². The van der Waals surface area contributed by atoms with E-state index in [4.69, 9.17) is 11.6 Å². The summed E-state index contributed by atoms with van der Waals surface area (Å²) in [7, 11) is 0. The van der Waals surface area contributed by atoms with E-state index in [0.29, 0.717) is 22.0 Å². The molecule has 3 saturated carbocycles. The third-order valence-corrected chi connectivity index (χ3v) is 5.37. The molecule has 20 heavy (non-hydrogen) atoms. The van der Waals surface area contributed by atoms with Crippen LogP contribution < -0.4 is 10.9 Å². The van der Waals surface area contributed by atoms with E-state index in [0.717, 1.165) is 19.0 Å². The predicted octanol–water partition coefficient (Wildman–Crippen LogP) is 2.91. The van der Waals surface area contributed by atoms with Crippen molar-refractivity contribution in [1.82, 2.24) is 9.78 Å². The first kappa shape index (κ1) is 12.7. The van der Waals surface area contributed by atoms with Gasteiger partial charge >= 0.3 is 0 Å². The molecule has 0 bridgehead atoms. The van der Waals surface area contributed by atoms with E-state index in [1.54, 1.807) is 10.9 Å². The van der Waals surface area contributed by atoms with Crippen LogP contribution in [0.4, 0.5) is 5.69 Å². The Labute approximate surface area is 123 Å². The van der Waals surface area contributed by atoms with E-state index < -0.39 is 0 Å². The Hall–Kier alpha value is -1.03. The van der Waals surface area contributed by atoms with Gasteiger partial charge < -0.3 is 5.32 Å². The standard InChI is InChI=1S/C15H20ClN3O/c16-12-7-18-19(8-10-1-2-10)14(20)13(12)17-9-15(5-6-15)11-3-4-11/h7,10-11,17H,1-6,8-9H2. The molecule has 4 nitrogen and oxygen atoms in total. The van der Waals surface area contributed by atoms with Crippen LogP contribution in [0.3, 0.4) is 0 Å². The maximum Gasteiger partial charge on any atom is 0.291 e. The minimum Gasteiger partial charge on any atom is -0.379 e. The Kier molecular flexibility index (Phi) is 2.85. The SMILES string of the molecule is O=c1c(NCC2(C3CC3)CC2)c(Cl)cnn1CC1CC1. The predicted molar refractivity (Wildman–Crippen MR) is 79.1 cm³/mol. The Morgan fingerprint density at radius 2 is 2.10 bits per heavy atom. The van der Waals surface area contributed by atoms with Crippen LogP contribution in [0.15, 0.2) is 11.0 Å². The van der Waals surface area contributed by atoms with Crippen molar-refractivity contribution >= 4 is 17.3 Å². The van der Waals surface area contributed by atoms with Crippen molar-refractivity contribution in [3.8, 4) is 0 Å². The Bertz CT molecular complexity index is 585. The van der Waals surface area contributed by atoms with Crippen LogP contribution in [0, 0.1) is 17.3 Å². The van der Waals surface area contributed by atoms with Gasteiger partial charge in [0.2, 0.25) is 0 Å². The van der Waals surface area contributed by atoms with Gasteiger partial charge in [0.1, 0.15) is 5.69 Å². The Balaban J connectivity index is 1.52. The van der Waals surface area contributed by atoms with Gasteiger partial charge in [-0.2, -0.15) is 5.10 Å². The molecule has 0 amide bonds. The second kappa shape index (κ2) is 4.48. The molecular formula is C15H20ClN3O. The van der Waals surface area contributed by atoms with E-state index in [9.17, 15) is 4.79 Å². The summed E-state index contributed by atoms with van der Waals surface area (Å²) in [6, 6.07) is 0. The van der Waals surface area contributed by atoms with Crippen molar-refractivity contribution in [2.75, 3.05) is 11.9 Å². The minimum absolute atomic E-state index is 0.0593. The van der Waals surface area contributed by atoms with Crippen molar-refractivity contribution in [1.29, 1.82) is 0 Å². The van der Waals surface area contributed by atoms with Crippen molar-refractivity contribution in [3.05, 3.63) is 21.6 Å². The first-order valence-corrected chi connectivity index (χ1v) is 8.05. The number of aromatic nitrogens is 2. The normalized spacial score (nSPS) is 23.6. The maximum atomic E-state index is 12.4. The van der Waals surface area contributed by atoms with Gasteiger partial charge in [-0.1, -0.05) is 11.6 Å². The number of nitrogens with zero attached hydrogens (tertiary/aromatic N) is 2. The van der Waals surface area contributed by atoms with Crippen molar-refractivity contribution < 1.29 is 0 Å². The minimum atomic E-state index is -0.0593. The van der Waals surface area contributed by atoms with Crippen LogP contribution in [0.1, 0.15) is 38.5 Å². The molecule has 1 aromatic rings. The molecule has 1 N–H and O–H groups in total. The topological polar surface area (TPSA) is 46.9 Å². The maximum absolute atomic E-state index is 12.4. The second-order valence-corrected chi connectivity index (χ2v) is 7.20. The fraction of sp³-hybridized carbons (Fsp3) is 0.733. The number of rotatable bonds is 6. The van der Waals surface area contributed by atoms with Gasteiger partial charge in [-0.25, -0.2) is 4.68 Å². The average Bonchev–Trinajstić information content (AvgIpc) is 3.24. The highest BCUT2D eigenvalue weighted by Gasteiger charge is 2.53. The fourth-order valence-electron chi connectivity index (χ4n) is 3.15. The summed E-state index contributed by atoms with van der Waals surface area (Å²) in [4.78, 5) is 12.4. The monoisotopic (exact) mass is 293 g/mol. The Morgan fingerprint density at radius 3 is 2.70 bits per heavy atom. The van der Waals surface area contributed by atoms with E-state index in [1.807, 2.05) is 0 Å². The smallest absolute Gasteiger partial charge is 0.291 e. The summed E-state index contributed by atoms with van der Waals surface area (Å²) in [5, 5.41) is 7.94. The van der Waals surface area contributed by atoms with Crippen molar-refractivity contribution in [2.45, 2.75) is 45.1 Å². The molecule has 0 unspecified atom stereocenters. The molecule has 3 aliphatic rings. The largest absolute Gasteiger partial charge is 0.379 e. The van der Waals surface area contributed by atoms with Gasteiger partial charge in [0.15, 0.2) is 0 Å². The van der Waals surface area contributed by atoms with Crippen LogP contribution in [0.2, 0.25) is 5.02 Å². The molecule has 0 atom stereocenters. The molecule has 0 aliphatic heterocycles. The molecule has 0 spiro atoms. The Morgan fingerprint density at radius 1 is 1.35 bits per heavy atom. The molecule has 5 heteroatoms. The van der Waals surface area contributed by atoms with Crippen molar-refractivity contribution in [3.63, 3.8) is 0 Å². The zero-order valence-electron chi connectivity index (χ0n) is 11.6. The van der Waals surface area contributed by atoms with E-state index in [1.165, 1.54) is 38.5 Å². The second-order valence-electron chi connectivity index (χ2n) is 6.79. The molecule has 0 radical (unpaired) electrons. The van der Waals surface area contributed by atoms with Crippen LogP contribution in [-0.4, -0.2) is 16.3 Å². The molecule has 1 heterocycles. The average molecular weight is 294 g/mol. The molecule has 1 aromatic heterocycles. The van der Waals surface area contributed by atoms with Gasteiger partial charge in [0.05, 0.1) is 11.2 Å². The summed E-state index contributed by atoms with van der Waals surface area (Å²) in [6.45, 7) is 1.62.